The Kier molecular flexibility index (Phi) is 11.2. The van der Waals surface area contributed by atoms with Gasteiger partial charge in [0.25, 0.3) is 11.8 Å². The van der Waals surface area contributed by atoms with Gasteiger partial charge in [0, 0.05) is 27.1 Å². The van der Waals surface area contributed by atoms with Crippen LogP contribution in [0.1, 0.15) is 26.7 Å². The molecule has 0 fully saturated rings. The lowest BCUT2D eigenvalue weighted by Gasteiger charge is -2.17. The Morgan fingerprint density at radius 1 is 0.741 bits per heavy atom. The number of amides is 3. The van der Waals surface area contributed by atoms with Crippen molar-refractivity contribution in [2.45, 2.75) is 10.1 Å². The summed E-state index contributed by atoms with van der Waals surface area (Å²) in [5.41, 5.74) is 4.32. The van der Waals surface area contributed by atoms with Crippen LogP contribution in [0.4, 0.5) is 10.8 Å². The molecule has 3 amide bonds. The van der Waals surface area contributed by atoms with Crippen LogP contribution in [0.2, 0.25) is 0 Å². The molecular formula is C44H34N4O4S2. The summed E-state index contributed by atoms with van der Waals surface area (Å²) in [5, 5.41) is 12.9. The standard InChI is InChI=1S/C44H34N4O4S2/c1-52-36-22-16-29(17-23-36)26-38(46-41(49)32-13-6-3-7-14-32)42(50)45-35-20-24-37(25-21-35)54-40(31-11-4-2-5-12-31)43(51)48-44-47-39(28-53-44)34-19-18-30-10-8-9-15-33(30)27-34/h2-28,40H,1H3,(H,45,50)(H,46,49)(H,47,48,51)/b38-26-. The number of hydrogen-bond donors (Lipinski definition) is 3. The third-order valence-electron chi connectivity index (χ3n) is 8.44. The fraction of sp³-hybridized carbons (Fsp3) is 0.0455. The minimum atomic E-state index is -0.577. The molecule has 0 aliphatic carbocycles. The molecular weight excluding hydrogens is 713 g/mol. The Hall–Kier alpha value is -6.49. The molecule has 0 aliphatic rings. The first kappa shape index (κ1) is 35.9. The Morgan fingerprint density at radius 2 is 1.43 bits per heavy atom. The number of carbonyl (C=O) groups is 3. The van der Waals surface area contributed by atoms with Gasteiger partial charge in [-0.3, -0.25) is 14.4 Å². The van der Waals surface area contributed by atoms with Crippen LogP contribution < -0.4 is 20.7 Å². The van der Waals surface area contributed by atoms with Crippen LogP contribution in [0.5, 0.6) is 5.75 Å². The van der Waals surface area contributed by atoms with E-state index in [1.807, 2.05) is 72.1 Å². The summed E-state index contributed by atoms with van der Waals surface area (Å²) >= 11 is 2.77. The summed E-state index contributed by atoms with van der Waals surface area (Å²) in [6.45, 7) is 0. The zero-order valence-electron chi connectivity index (χ0n) is 29.1. The number of hydrogen-bond acceptors (Lipinski definition) is 7. The van der Waals surface area contributed by atoms with E-state index in [1.165, 1.54) is 23.1 Å². The minimum absolute atomic E-state index is 0.0687. The summed E-state index contributed by atoms with van der Waals surface area (Å²) in [7, 11) is 1.58. The van der Waals surface area contributed by atoms with Gasteiger partial charge in [0.05, 0.1) is 12.8 Å². The SMILES string of the molecule is COc1ccc(/C=C(\NC(=O)c2ccccc2)C(=O)Nc2ccc(SC(C(=O)Nc3nc(-c4ccc5ccccc5c4)cs3)c3ccccc3)cc2)cc1. The van der Waals surface area contributed by atoms with Crippen molar-refractivity contribution in [2.75, 3.05) is 17.7 Å². The van der Waals surface area contributed by atoms with Crippen LogP contribution in [0.15, 0.2) is 168 Å². The normalized spacial score (nSPS) is 11.8. The first-order valence-corrected chi connectivity index (χ1v) is 18.8. The molecule has 1 aromatic heterocycles. The van der Waals surface area contributed by atoms with Crippen molar-refractivity contribution in [3.63, 3.8) is 0 Å². The highest BCUT2D eigenvalue weighted by Crippen LogP contribution is 2.37. The fourth-order valence-electron chi connectivity index (χ4n) is 5.64. The first-order valence-electron chi connectivity index (χ1n) is 17.0. The number of fused-ring (bicyclic) bond motifs is 1. The summed E-state index contributed by atoms with van der Waals surface area (Å²) in [4.78, 5) is 46.0. The lowest BCUT2D eigenvalue weighted by molar-refractivity contribution is -0.116. The van der Waals surface area contributed by atoms with E-state index in [4.69, 9.17) is 9.72 Å². The molecule has 0 aliphatic heterocycles. The van der Waals surface area contributed by atoms with Crippen molar-refractivity contribution in [1.82, 2.24) is 10.3 Å². The van der Waals surface area contributed by atoms with Crippen molar-refractivity contribution in [1.29, 1.82) is 0 Å². The third kappa shape index (κ3) is 8.92. The molecule has 7 rings (SSSR count). The van der Waals surface area contributed by atoms with Crippen LogP contribution in [0, 0.1) is 0 Å². The average molecular weight is 747 g/mol. The lowest BCUT2D eigenvalue weighted by atomic mass is 10.1. The zero-order chi connectivity index (χ0) is 37.3. The van der Waals surface area contributed by atoms with Gasteiger partial charge in [-0.15, -0.1) is 23.1 Å². The molecule has 6 aromatic carbocycles. The molecule has 0 bridgehead atoms. The van der Waals surface area contributed by atoms with Crippen molar-refractivity contribution < 1.29 is 19.1 Å². The summed E-state index contributed by atoms with van der Waals surface area (Å²) in [5.74, 6) is -0.440. The van der Waals surface area contributed by atoms with Crippen LogP contribution in [-0.4, -0.2) is 29.8 Å². The topological polar surface area (TPSA) is 109 Å². The molecule has 54 heavy (non-hydrogen) atoms. The molecule has 7 aromatic rings. The van der Waals surface area contributed by atoms with Crippen molar-refractivity contribution in [2.24, 2.45) is 0 Å². The molecule has 8 nitrogen and oxygen atoms in total. The van der Waals surface area contributed by atoms with E-state index in [-0.39, 0.29) is 11.6 Å². The van der Waals surface area contributed by atoms with Crippen LogP contribution in [0.25, 0.3) is 28.1 Å². The summed E-state index contributed by atoms with van der Waals surface area (Å²) < 4.78 is 5.25. The predicted molar refractivity (Wildman–Crippen MR) is 219 cm³/mol. The van der Waals surface area contributed by atoms with E-state index in [0.717, 1.165) is 32.5 Å². The highest BCUT2D eigenvalue weighted by Gasteiger charge is 2.24. The molecule has 0 saturated carbocycles. The monoisotopic (exact) mass is 746 g/mol. The second kappa shape index (κ2) is 16.9. The van der Waals surface area contributed by atoms with Crippen LogP contribution >= 0.6 is 23.1 Å². The van der Waals surface area contributed by atoms with Crippen LogP contribution in [0.3, 0.4) is 0 Å². The number of nitrogens with zero attached hydrogens (tertiary/aromatic N) is 1. The van der Waals surface area contributed by atoms with Gasteiger partial charge in [0.15, 0.2) is 5.13 Å². The lowest BCUT2D eigenvalue weighted by Crippen LogP contribution is -2.30. The van der Waals surface area contributed by atoms with Crippen molar-refractivity contribution >= 4 is 68.5 Å². The van der Waals surface area contributed by atoms with E-state index in [1.54, 1.807) is 73.8 Å². The number of methoxy groups -OCH3 is 1. The van der Waals surface area contributed by atoms with Crippen molar-refractivity contribution in [3.8, 4) is 17.0 Å². The van der Waals surface area contributed by atoms with Gasteiger partial charge in [-0.1, -0.05) is 97.1 Å². The van der Waals surface area contributed by atoms with Crippen LogP contribution in [-0.2, 0) is 9.59 Å². The number of nitrogens with one attached hydrogen (secondary N) is 3. The number of ether oxygens (including phenoxy) is 1. The van der Waals surface area contributed by atoms with E-state index in [2.05, 4.69) is 40.2 Å². The average Bonchev–Trinajstić information content (AvgIpc) is 3.69. The number of aromatic nitrogens is 1. The maximum Gasteiger partial charge on any atom is 0.272 e. The van der Waals surface area contributed by atoms with E-state index in [9.17, 15) is 14.4 Å². The Labute approximate surface area is 320 Å². The molecule has 0 spiro atoms. The molecule has 1 unspecified atom stereocenters. The largest absolute Gasteiger partial charge is 0.497 e. The van der Waals surface area contributed by atoms with Gasteiger partial charge >= 0.3 is 0 Å². The predicted octanol–water partition coefficient (Wildman–Crippen LogP) is 9.85. The number of thiazole rings is 1. The number of thioether (sulfide) groups is 1. The smallest absolute Gasteiger partial charge is 0.272 e. The fourth-order valence-corrected chi connectivity index (χ4v) is 7.39. The number of carbonyl (C=O) groups excluding carboxylic acids is 3. The second-order valence-corrected chi connectivity index (χ2v) is 14.2. The maximum atomic E-state index is 13.8. The maximum absolute atomic E-state index is 13.8. The molecule has 1 atom stereocenters. The minimum Gasteiger partial charge on any atom is -0.497 e. The van der Waals surface area contributed by atoms with E-state index >= 15 is 0 Å². The summed E-state index contributed by atoms with van der Waals surface area (Å²) in [6, 6.07) is 47.0. The van der Waals surface area contributed by atoms with Crippen molar-refractivity contribution in [3.05, 3.63) is 179 Å². The van der Waals surface area contributed by atoms with Gasteiger partial charge in [-0.05, 0) is 82.6 Å². The molecule has 10 heteroatoms. The number of anilines is 2. The van der Waals surface area contributed by atoms with Gasteiger partial charge in [0.2, 0.25) is 5.91 Å². The third-order valence-corrected chi connectivity index (χ3v) is 10.5. The molecule has 266 valence electrons. The highest BCUT2D eigenvalue weighted by atomic mass is 32.2. The van der Waals surface area contributed by atoms with E-state index in [0.29, 0.717) is 27.7 Å². The van der Waals surface area contributed by atoms with E-state index < -0.39 is 17.1 Å². The molecule has 3 N–H and O–H groups in total. The van der Waals surface area contributed by atoms with Gasteiger partial charge in [-0.2, -0.15) is 0 Å². The first-order chi connectivity index (χ1) is 26.4. The molecule has 0 radical (unpaired) electrons. The number of benzene rings is 6. The summed E-state index contributed by atoms with van der Waals surface area (Å²) in [6.07, 6.45) is 1.61. The Bertz CT molecular complexity index is 2430. The highest BCUT2D eigenvalue weighted by molar-refractivity contribution is 8.00. The van der Waals surface area contributed by atoms with Gasteiger partial charge in [-0.25, -0.2) is 4.98 Å². The second-order valence-electron chi connectivity index (χ2n) is 12.1. The zero-order valence-corrected chi connectivity index (χ0v) is 30.7. The Morgan fingerprint density at radius 3 is 2.15 bits per heavy atom. The molecule has 0 saturated heterocycles. The van der Waals surface area contributed by atoms with Gasteiger partial charge < -0.3 is 20.7 Å². The molecule has 1 heterocycles. The Balaban J connectivity index is 1.06. The van der Waals surface area contributed by atoms with Gasteiger partial charge in [0.1, 0.15) is 16.7 Å². The quantitative estimate of drug-likeness (QED) is 0.0849. The number of rotatable bonds is 12.